The summed E-state index contributed by atoms with van der Waals surface area (Å²) in [4.78, 5) is 12.8. The Hall–Kier alpha value is -2.44. The summed E-state index contributed by atoms with van der Waals surface area (Å²) in [5, 5.41) is 3.61. The van der Waals surface area contributed by atoms with Crippen LogP contribution in [0.5, 0.6) is 17.2 Å². The molecule has 0 radical (unpaired) electrons. The van der Waals surface area contributed by atoms with Crippen LogP contribution >= 0.6 is 11.6 Å². The van der Waals surface area contributed by atoms with Gasteiger partial charge in [-0.1, -0.05) is 23.7 Å². The molecule has 0 unspecified atom stereocenters. The van der Waals surface area contributed by atoms with Gasteiger partial charge in [-0.25, -0.2) is 0 Å². The Balaban J connectivity index is 1.45. The first-order valence-electron chi connectivity index (χ1n) is 10.7. The summed E-state index contributed by atoms with van der Waals surface area (Å²) < 4.78 is 22.3. The van der Waals surface area contributed by atoms with E-state index in [2.05, 4.69) is 17.4 Å². The van der Waals surface area contributed by atoms with Gasteiger partial charge in [-0.05, 0) is 48.2 Å². The Morgan fingerprint density at radius 3 is 2.58 bits per heavy atom. The number of nitrogens with one attached hydrogen (secondary N) is 1. The van der Waals surface area contributed by atoms with Crippen molar-refractivity contribution >= 4 is 17.5 Å². The molecule has 1 amide bonds. The second-order valence-electron chi connectivity index (χ2n) is 8.03. The van der Waals surface area contributed by atoms with Crippen LogP contribution in [0.1, 0.15) is 30.4 Å². The summed E-state index contributed by atoms with van der Waals surface area (Å²) in [6.45, 7) is 3.06. The summed E-state index contributed by atoms with van der Waals surface area (Å²) in [6, 6.07) is 11.7. The SMILES string of the molecule is COc1ccc(C2(CNC(=O)Cc3cc(Cl)c4c(c3)OCCCO4)CCOCC2)cc1. The van der Waals surface area contributed by atoms with Crippen LogP contribution in [0.15, 0.2) is 36.4 Å². The standard InChI is InChI=1S/C24H28ClNO5/c1-28-19-5-3-18(4-6-19)24(7-11-29-12-8-24)16-26-22(27)15-17-13-20(25)23-21(14-17)30-9-2-10-31-23/h3-6,13-14H,2,7-12,15-16H2,1H3,(H,26,27). The molecular weight excluding hydrogens is 418 g/mol. The maximum atomic E-state index is 12.8. The van der Waals surface area contributed by atoms with Crippen LogP contribution < -0.4 is 19.5 Å². The van der Waals surface area contributed by atoms with Gasteiger partial charge in [0.2, 0.25) is 5.91 Å². The van der Waals surface area contributed by atoms with Crippen molar-refractivity contribution in [3.05, 3.63) is 52.5 Å². The third-order valence-electron chi connectivity index (χ3n) is 6.00. The van der Waals surface area contributed by atoms with Crippen molar-refractivity contribution in [1.29, 1.82) is 0 Å². The van der Waals surface area contributed by atoms with Gasteiger partial charge in [0.05, 0.1) is 31.8 Å². The lowest BCUT2D eigenvalue weighted by Gasteiger charge is -2.38. The number of fused-ring (bicyclic) bond motifs is 1. The van der Waals surface area contributed by atoms with Crippen molar-refractivity contribution in [2.75, 3.05) is 40.1 Å². The van der Waals surface area contributed by atoms with Gasteiger partial charge in [-0.3, -0.25) is 4.79 Å². The highest BCUT2D eigenvalue weighted by molar-refractivity contribution is 6.32. The molecule has 0 aliphatic carbocycles. The molecule has 4 rings (SSSR count). The van der Waals surface area contributed by atoms with Crippen molar-refractivity contribution in [1.82, 2.24) is 5.32 Å². The lowest BCUT2D eigenvalue weighted by atomic mass is 9.74. The van der Waals surface area contributed by atoms with Gasteiger partial charge in [0.1, 0.15) is 5.75 Å². The molecule has 0 saturated carbocycles. The fraction of sp³-hybridized carbons (Fsp3) is 0.458. The zero-order chi connectivity index (χ0) is 21.7. The predicted octanol–water partition coefficient (Wildman–Crippen LogP) is 3.92. The summed E-state index contributed by atoms with van der Waals surface area (Å²) in [5.74, 6) is 1.93. The Morgan fingerprint density at radius 2 is 1.84 bits per heavy atom. The lowest BCUT2D eigenvalue weighted by molar-refractivity contribution is -0.120. The third kappa shape index (κ3) is 5.08. The maximum Gasteiger partial charge on any atom is 0.224 e. The van der Waals surface area contributed by atoms with E-state index >= 15 is 0 Å². The number of hydrogen-bond donors (Lipinski definition) is 1. The normalized spacial score (nSPS) is 17.5. The summed E-state index contributed by atoms with van der Waals surface area (Å²) in [7, 11) is 1.66. The molecule has 2 aliphatic heterocycles. The van der Waals surface area contributed by atoms with Gasteiger partial charge in [-0.15, -0.1) is 0 Å². The van der Waals surface area contributed by atoms with Crippen LogP contribution in [-0.2, 0) is 21.4 Å². The molecular formula is C24H28ClNO5. The molecule has 1 N–H and O–H groups in total. The smallest absolute Gasteiger partial charge is 0.224 e. The number of halogens is 1. The number of carbonyl (C=O) groups is 1. The summed E-state index contributed by atoms with van der Waals surface area (Å²) in [5.41, 5.74) is 1.84. The van der Waals surface area contributed by atoms with Crippen molar-refractivity contribution in [2.24, 2.45) is 0 Å². The number of carbonyl (C=O) groups excluding carboxylic acids is 1. The molecule has 6 nitrogen and oxygen atoms in total. The molecule has 0 atom stereocenters. The fourth-order valence-electron chi connectivity index (χ4n) is 4.18. The average molecular weight is 446 g/mol. The first kappa shape index (κ1) is 21.8. The van der Waals surface area contributed by atoms with Crippen LogP contribution in [0.3, 0.4) is 0 Å². The highest BCUT2D eigenvalue weighted by Crippen LogP contribution is 2.38. The molecule has 7 heteroatoms. The van der Waals surface area contributed by atoms with Crippen LogP contribution in [0, 0.1) is 0 Å². The van der Waals surface area contributed by atoms with E-state index in [0.29, 0.717) is 49.5 Å². The van der Waals surface area contributed by atoms with Gasteiger partial charge in [0, 0.05) is 31.6 Å². The number of amides is 1. The molecule has 1 fully saturated rings. The molecule has 0 aromatic heterocycles. The minimum absolute atomic E-state index is 0.0510. The van der Waals surface area contributed by atoms with Crippen molar-refractivity contribution in [3.63, 3.8) is 0 Å². The summed E-state index contributed by atoms with van der Waals surface area (Å²) in [6.07, 6.45) is 2.74. The topological polar surface area (TPSA) is 66.0 Å². The molecule has 2 aliphatic rings. The molecule has 166 valence electrons. The monoisotopic (exact) mass is 445 g/mol. The minimum atomic E-state index is -0.150. The first-order valence-corrected chi connectivity index (χ1v) is 11.0. The number of ether oxygens (including phenoxy) is 4. The lowest BCUT2D eigenvalue weighted by Crippen LogP contribution is -2.45. The third-order valence-corrected chi connectivity index (χ3v) is 6.28. The van der Waals surface area contributed by atoms with E-state index in [9.17, 15) is 4.79 Å². The van der Waals surface area contributed by atoms with Gasteiger partial charge in [0.25, 0.3) is 0 Å². The Kier molecular flexibility index (Phi) is 6.88. The highest BCUT2D eigenvalue weighted by atomic mass is 35.5. The van der Waals surface area contributed by atoms with E-state index in [1.54, 1.807) is 13.2 Å². The highest BCUT2D eigenvalue weighted by Gasteiger charge is 2.35. The molecule has 2 aromatic carbocycles. The molecule has 1 saturated heterocycles. The fourth-order valence-corrected chi connectivity index (χ4v) is 4.46. The number of benzene rings is 2. The largest absolute Gasteiger partial charge is 0.497 e. The molecule has 0 bridgehead atoms. The van der Waals surface area contributed by atoms with Gasteiger partial charge in [0.15, 0.2) is 11.5 Å². The van der Waals surface area contributed by atoms with E-state index < -0.39 is 0 Å². The Bertz CT molecular complexity index is 909. The molecule has 2 aromatic rings. The second-order valence-corrected chi connectivity index (χ2v) is 8.44. The van der Waals surface area contributed by atoms with Crippen LogP contribution in [0.4, 0.5) is 0 Å². The van der Waals surface area contributed by atoms with E-state index in [0.717, 1.165) is 30.6 Å². The molecule has 2 heterocycles. The quantitative estimate of drug-likeness (QED) is 0.730. The Morgan fingerprint density at radius 1 is 1.10 bits per heavy atom. The zero-order valence-electron chi connectivity index (χ0n) is 17.7. The van der Waals surface area contributed by atoms with Crippen LogP contribution in [-0.4, -0.2) is 46.0 Å². The van der Waals surface area contributed by atoms with Crippen LogP contribution in [0.25, 0.3) is 0 Å². The number of hydrogen-bond acceptors (Lipinski definition) is 5. The van der Waals surface area contributed by atoms with Gasteiger partial charge >= 0.3 is 0 Å². The van der Waals surface area contributed by atoms with Crippen molar-refractivity contribution in [3.8, 4) is 17.2 Å². The maximum absolute atomic E-state index is 12.8. The van der Waals surface area contributed by atoms with Gasteiger partial charge < -0.3 is 24.3 Å². The molecule has 31 heavy (non-hydrogen) atoms. The Labute approximate surface area is 187 Å². The van der Waals surface area contributed by atoms with E-state index in [4.69, 9.17) is 30.5 Å². The number of rotatable bonds is 6. The number of methoxy groups -OCH3 is 1. The van der Waals surface area contributed by atoms with Gasteiger partial charge in [-0.2, -0.15) is 0 Å². The second kappa shape index (κ2) is 9.79. The van der Waals surface area contributed by atoms with E-state index in [1.165, 1.54) is 5.56 Å². The predicted molar refractivity (Wildman–Crippen MR) is 118 cm³/mol. The van der Waals surface area contributed by atoms with Crippen molar-refractivity contribution < 1.29 is 23.7 Å². The van der Waals surface area contributed by atoms with E-state index in [-0.39, 0.29) is 17.7 Å². The summed E-state index contributed by atoms with van der Waals surface area (Å²) >= 11 is 6.37. The first-order chi connectivity index (χ1) is 15.1. The van der Waals surface area contributed by atoms with Crippen LogP contribution in [0.2, 0.25) is 5.02 Å². The van der Waals surface area contributed by atoms with E-state index in [1.807, 2.05) is 18.2 Å². The van der Waals surface area contributed by atoms with Crippen molar-refractivity contribution in [2.45, 2.75) is 31.1 Å². The minimum Gasteiger partial charge on any atom is -0.497 e. The zero-order valence-corrected chi connectivity index (χ0v) is 18.5. The molecule has 0 spiro atoms. The average Bonchev–Trinajstić information content (AvgIpc) is 3.04.